The first-order valence-electron chi connectivity index (χ1n) is 8.67. The van der Waals surface area contributed by atoms with Gasteiger partial charge in [-0.25, -0.2) is 4.98 Å². The van der Waals surface area contributed by atoms with E-state index in [2.05, 4.69) is 20.2 Å². The zero-order valence-corrected chi connectivity index (χ0v) is 15.1. The Hall–Kier alpha value is -1.59. The lowest BCUT2D eigenvalue weighted by molar-refractivity contribution is -0.126. The van der Waals surface area contributed by atoms with Crippen molar-refractivity contribution in [2.45, 2.75) is 51.1 Å². The molecule has 0 radical (unpaired) electrons. The quantitative estimate of drug-likeness (QED) is 0.843. The number of fused-ring (bicyclic) bond motifs is 1. The number of carbonyl (C=O) groups excluding carboxylic acids is 1. The highest BCUT2D eigenvalue weighted by atomic mass is 35.5. The monoisotopic (exact) mass is 348 g/mol. The van der Waals surface area contributed by atoms with Crippen LogP contribution in [0.1, 0.15) is 38.4 Å². The largest absolute Gasteiger partial charge is 0.352 e. The van der Waals surface area contributed by atoms with E-state index < -0.39 is 0 Å². The lowest BCUT2D eigenvalue weighted by Gasteiger charge is -2.25. The maximum absolute atomic E-state index is 12.3. The number of imidazole rings is 1. The Bertz CT molecular complexity index is 708. The summed E-state index contributed by atoms with van der Waals surface area (Å²) in [5, 5.41) is 3.87. The lowest BCUT2D eigenvalue weighted by atomic mass is 10.2. The number of rotatable bonds is 6. The van der Waals surface area contributed by atoms with Crippen molar-refractivity contribution in [2.24, 2.45) is 0 Å². The van der Waals surface area contributed by atoms with E-state index in [-0.39, 0.29) is 11.9 Å². The predicted octanol–water partition coefficient (Wildman–Crippen LogP) is 3.14. The van der Waals surface area contributed by atoms with Gasteiger partial charge >= 0.3 is 0 Å². The molecule has 1 aromatic carbocycles. The van der Waals surface area contributed by atoms with Gasteiger partial charge in [0.05, 0.1) is 17.1 Å². The van der Waals surface area contributed by atoms with Crippen molar-refractivity contribution >= 4 is 28.5 Å². The van der Waals surface area contributed by atoms with Gasteiger partial charge in [0.25, 0.3) is 0 Å². The Morgan fingerprint density at radius 2 is 2.21 bits per heavy atom. The Morgan fingerprint density at radius 3 is 2.96 bits per heavy atom. The van der Waals surface area contributed by atoms with Crippen LogP contribution in [0.5, 0.6) is 0 Å². The van der Waals surface area contributed by atoms with Crippen LogP contribution >= 0.6 is 11.6 Å². The number of aromatic nitrogens is 2. The molecule has 0 spiro atoms. The Kier molecular flexibility index (Phi) is 5.41. The van der Waals surface area contributed by atoms with Gasteiger partial charge in [-0.2, -0.15) is 0 Å². The molecule has 1 heterocycles. The molecule has 1 saturated carbocycles. The average Bonchev–Trinajstić information content (AvgIpc) is 3.20. The number of likely N-dealkylation sites (N-methyl/N-ethyl adjacent to an activating group) is 1. The summed E-state index contributed by atoms with van der Waals surface area (Å²) in [5.74, 6) is 1.04. The maximum atomic E-state index is 12.3. The molecule has 1 amide bonds. The van der Waals surface area contributed by atoms with E-state index >= 15 is 0 Å². The zero-order chi connectivity index (χ0) is 17.1. The van der Waals surface area contributed by atoms with Crippen LogP contribution in [-0.4, -0.2) is 46.5 Å². The lowest BCUT2D eigenvalue weighted by Crippen LogP contribution is -2.46. The van der Waals surface area contributed by atoms with Crippen LogP contribution < -0.4 is 5.32 Å². The van der Waals surface area contributed by atoms with Crippen LogP contribution in [0.25, 0.3) is 11.0 Å². The number of hydrogen-bond acceptors (Lipinski definition) is 3. The number of benzene rings is 1. The molecule has 130 valence electrons. The highest BCUT2D eigenvalue weighted by molar-refractivity contribution is 6.31. The summed E-state index contributed by atoms with van der Waals surface area (Å²) >= 11 is 6.00. The fourth-order valence-corrected chi connectivity index (χ4v) is 3.39. The third-order valence-corrected chi connectivity index (χ3v) is 5.17. The third-order valence-electron chi connectivity index (χ3n) is 4.94. The highest BCUT2D eigenvalue weighted by Crippen LogP contribution is 2.19. The van der Waals surface area contributed by atoms with Crippen molar-refractivity contribution in [1.29, 1.82) is 0 Å². The van der Waals surface area contributed by atoms with E-state index in [0.29, 0.717) is 11.1 Å². The van der Waals surface area contributed by atoms with Crippen molar-refractivity contribution in [3.8, 4) is 0 Å². The van der Waals surface area contributed by atoms with E-state index in [9.17, 15) is 4.79 Å². The molecule has 0 aliphatic heterocycles. The van der Waals surface area contributed by atoms with Gasteiger partial charge in [0.1, 0.15) is 5.82 Å². The Labute approximate surface area is 147 Å². The molecule has 6 heteroatoms. The van der Waals surface area contributed by atoms with Crippen molar-refractivity contribution < 1.29 is 4.79 Å². The molecule has 3 rings (SSSR count). The molecule has 1 aliphatic rings. The minimum Gasteiger partial charge on any atom is -0.352 e. The summed E-state index contributed by atoms with van der Waals surface area (Å²) in [7, 11) is 1.98. The van der Waals surface area contributed by atoms with Gasteiger partial charge in [-0.3, -0.25) is 9.69 Å². The Balaban J connectivity index is 1.53. The normalized spacial score (nSPS) is 16.8. The van der Waals surface area contributed by atoms with Crippen LogP contribution in [0.15, 0.2) is 18.2 Å². The molecular formula is C18H25ClN4O. The van der Waals surface area contributed by atoms with Gasteiger partial charge in [-0.15, -0.1) is 0 Å². The fourth-order valence-electron chi connectivity index (χ4n) is 3.22. The van der Waals surface area contributed by atoms with Crippen molar-refractivity contribution in [3.05, 3.63) is 29.0 Å². The predicted molar refractivity (Wildman–Crippen MR) is 97.3 cm³/mol. The summed E-state index contributed by atoms with van der Waals surface area (Å²) in [6.45, 7) is 2.73. The van der Waals surface area contributed by atoms with Crippen molar-refractivity contribution in [2.75, 3.05) is 13.6 Å². The molecule has 5 nitrogen and oxygen atoms in total. The average molecular weight is 349 g/mol. The Morgan fingerprint density at radius 1 is 1.46 bits per heavy atom. The van der Waals surface area contributed by atoms with Gasteiger partial charge in [0.15, 0.2) is 0 Å². The number of halogens is 1. The van der Waals surface area contributed by atoms with Gasteiger partial charge in [-0.05, 0) is 45.0 Å². The van der Waals surface area contributed by atoms with Gasteiger partial charge in [0.2, 0.25) is 5.91 Å². The van der Waals surface area contributed by atoms with Gasteiger partial charge in [0, 0.05) is 24.0 Å². The van der Waals surface area contributed by atoms with Crippen molar-refractivity contribution in [1.82, 2.24) is 20.2 Å². The van der Waals surface area contributed by atoms with E-state index in [1.54, 1.807) is 0 Å². The molecule has 1 atom stereocenters. The third kappa shape index (κ3) is 4.08. The second-order valence-corrected chi connectivity index (χ2v) is 7.18. The maximum Gasteiger partial charge on any atom is 0.237 e. The molecule has 1 fully saturated rings. The second kappa shape index (κ2) is 7.53. The number of nitrogens with one attached hydrogen (secondary N) is 2. The summed E-state index contributed by atoms with van der Waals surface area (Å²) in [6, 6.07) is 5.88. The fraction of sp³-hybridized carbons (Fsp3) is 0.556. The smallest absolute Gasteiger partial charge is 0.237 e. The number of nitrogens with zero attached hydrogens (tertiary/aromatic N) is 2. The SMILES string of the molecule is C[C@@H](C(=O)NC1CCCC1)N(C)CCc1nc2ccc(Cl)cc2[nH]1. The molecule has 1 aliphatic carbocycles. The summed E-state index contributed by atoms with van der Waals surface area (Å²) in [6.07, 6.45) is 5.45. The first-order chi connectivity index (χ1) is 11.5. The van der Waals surface area contributed by atoms with E-state index in [1.807, 2.05) is 32.2 Å². The van der Waals surface area contributed by atoms with E-state index in [1.165, 1.54) is 12.8 Å². The molecule has 24 heavy (non-hydrogen) atoms. The van der Waals surface area contributed by atoms with Crippen LogP contribution in [0.2, 0.25) is 5.02 Å². The molecule has 2 aromatic rings. The van der Waals surface area contributed by atoms with Crippen LogP contribution in [0.4, 0.5) is 0 Å². The highest BCUT2D eigenvalue weighted by Gasteiger charge is 2.23. The van der Waals surface area contributed by atoms with E-state index in [0.717, 1.165) is 42.7 Å². The van der Waals surface area contributed by atoms with Crippen LogP contribution in [-0.2, 0) is 11.2 Å². The van der Waals surface area contributed by atoms with Crippen LogP contribution in [0.3, 0.4) is 0 Å². The number of carbonyl (C=O) groups is 1. The van der Waals surface area contributed by atoms with Gasteiger partial charge in [-0.1, -0.05) is 24.4 Å². The minimum atomic E-state index is -0.135. The summed E-state index contributed by atoms with van der Waals surface area (Å²) in [4.78, 5) is 22.3. The molecule has 1 aromatic heterocycles. The topological polar surface area (TPSA) is 61.0 Å². The summed E-state index contributed by atoms with van der Waals surface area (Å²) < 4.78 is 0. The zero-order valence-electron chi connectivity index (χ0n) is 14.3. The molecular weight excluding hydrogens is 324 g/mol. The van der Waals surface area contributed by atoms with E-state index in [4.69, 9.17) is 11.6 Å². The minimum absolute atomic E-state index is 0.126. The van der Waals surface area contributed by atoms with Crippen LogP contribution in [0, 0.1) is 0 Å². The number of amides is 1. The number of H-pyrrole nitrogens is 1. The first kappa shape index (κ1) is 17.2. The molecule has 0 bridgehead atoms. The second-order valence-electron chi connectivity index (χ2n) is 6.74. The van der Waals surface area contributed by atoms with Crippen molar-refractivity contribution in [3.63, 3.8) is 0 Å². The number of hydrogen-bond donors (Lipinski definition) is 2. The molecule has 2 N–H and O–H groups in total. The van der Waals surface area contributed by atoms with Gasteiger partial charge < -0.3 is 10.3 Å². The molecule has 0 unspecified atom stereocenters. The number of aromatic amines is 1. The standard InChI is InChI=1S/C18H25ClN4O/c1-12(18(24)20-14-5-3-4-6-14)23(2)10-9-17-21-15-8-7-13(19)11-16(15)22-17/h7-8,11-12,14H,3-6,9-10H2,1-2H3,(H,20,24)(H,21,22)/t12-/m0/s1. The first-order valence-corrected chi connectivity index (χ1v) is 9.05. The summed E-state index contributed by atoms with van der Waals surface area (Å²) in [5.41, 5.74) is 1.87. The molecule has 0 saturated heterocycles.